The van der Waals surface area contributed by atoms with Crippen LogP contribution in [0.25, 0.3) is 0 Å². The molecule has 0 amide bonds. The van der Waals surface area contributed by atoms with Gasteiger partial charge in [-0.25, -0.2) is 5.84 Å². The van der Waals surface area contributed by atoms with Crippen molar-refractivity contribution < 1.29 is 0 Å². The molecule has 1 aliphatic rings. The molecule has 1 aromatic rings. The van der Waals surface area contributed by atoms with Crippen LogP contribution in [-0.2, 0) is 0 Å². The fourth-order valence-electron chi connectivity index (χ4n) is 2.41. The van der Waals surface area contributed by atoms with Gasteiger partial charge in [-0.15, -0.1) is 0 Å². The van der Waals surface area contributed by atoms with E-state index in [0.29, 0.717) is 5.92 Å². The summed E-state index contributed by atoms with van der Waals surface area (Å²) in [5.41, 5.74) is 7.79. The van der Waals surface area contributed by atoms with Crippen molar-refractivity contribution in [1.82, 2.24) is 0 Å². The van der Waals surface area contributed by atoms with E-state index >= 15 is 0 Å². The predicted octanol–water partition coefficient (Wildman–Crippen LogP) is 2.27. The molecule has 4 N–H and O–H groups in total. The molecule has 16 heavy (non-hydrogen) atoms. The van der Waals surface area contributed by atoms with Gasteiger partial charge in [0.05, 0.1) is 5.69 Å². The van der Waals surface area contributed by atoms with Gasteiger partial charge in [-0.05, 0) is 42.6 Å². The number of benzene rings is 1. The highest BCUT2D eigenvalue weighted by Gasteiger charge is 2.21. The highest BCUT2D eigenvalue weighted by molar-refractivity contribution is 7.80. The van der Waals surface area contributed by atoms with Gasteiger partial charge in [0.15, 0.2) is 5.11 Å². The molecule has 2 rings (SSSR count). The van der Waals surface area contributed by atoms with E-state index in [9.17, 15) is 0 Å². The number of hydrazine groups is 1. The van der Waals surface area contributed by atoms with E-state index in [1.165, 1.54) is 36.3 Å². The van der Waals surface area contributed by atoms with Crippen molar-refractivity contribution in [3.05, 3.63) is 29.8 Å². The van der Waals surface area contributed by atoms with Gasteiger partial charge in [-0.2, -0.15) is 0 Å². The summed E-state index contributed by atoms with van der Waals surface area (Å²) < 4.78 is 0. The molecule has 0 spiro atoms. The fraction of sp³-hybridized carbons (Fsp3) is 0.417. The van der Waals surface area contributed by atoms with Crippen molar-refractivity contribution in [2.75, 3.05) is 5.01 Å². The molecule has 0 radical (unpaired) electrons. The van der Waals surface area contributed by atoms with Crippen molar-refractivity contribution in [3.63, 3.8) is 0 Å². The highest BCUT2D eigenvalue weighted by Crippen LogP contribution is 2.38. The smallest absolute Gasteiger partial charge is 0.185 e. The van der Waals surface area contributed by atoms with Crippen LogP contribution in [0.3, 0.4) is 0 Å². The predicted molar refractivity (Wildman–Crippen MR) is 71.1 cm³/mol. The summed E-state index contributed by atoms with van der Waals surface area (Å²) in [7, 11) is 0. The lowest BCUT2D eigenvalue weighted by molar-refractivity contribution is 0.722. The number of nitrogens with two attached hydrogens (primary N) is 2. The third-order valence-electron chi connectivity index (χ3n) is 3.23. The normalized spacial score (nSPS) is 16.3. The third kappa shape index (κ3) is 2.18. The quantitative estimate of drug-likeness (QED) is 0.469. The Morgan fingerprint density at radius 3 is 2.50 bits per heavy atom. The molecule has 1 aromatic carbocycles. The lowest BCUT2D eigenvalue weighted by Gasteiger charge is -2.22. The van der Waals surface area contributed by atoms with Crippen LogP contribution in [0.1, 0.15) is 37.2 Å². The fourth-order valence-corrected chi connectivity index (χ4v) is 2.51. The molecule has 0 unspecified atom stereocenters. The third-order valence-corrected chi connectivity index (χ3v) is 3.43. The molecule has 0 saturated heterocycles. The van der Waals surface area contributed by atoms with E-state index in [-0.39, 0.29) is 5.11 Å². The Morgan fingerprint density at radius 1 is 1.25 bits per heavy atom. The van der Waals surface area contributed by atoms with Gasteiger partial charge in [-0.3, -0.25) is 5.01 Å². The lowest BCUT2D eigenvalue weighted by Crippen LogP contribution is -2.42. The Kier molecular flexibility index (Phi) is 3.41. The maximum atomic E-state index is 5.87. The number of rotatable bonds is 2. The molecule has 1 fully saturated rings. The van der Waals surface area contributed by atoms with Crippen molar-refractivity contribution in [3.8, 4) is 0 Å². The number of thiocarbonyl (C=S) groups is 1. The van der Waals surface area contributed by atoms with Crippen LogP contribution in [0.5, 0.6) is 0 Å². The van der Waals surface area contributed by atoms with Crippen molar-refractivity contribution in [1.29, 1.82) is 0 Å². The average molecular weight is 235 g/mol. The molecule has 0 heterocycles. The number of nitrogens with zero attached hydrogens (tertiary/aromatic N) is 1. The average Bonchev–Trinajstić information content (AvgIpc) is 2.81. The highest BCUT2D eigenvalue weighted by atomic mass is 32.1. The minimum Gasteiger partial charge on any atom is -0.375 e. The van der Waals surface area contributed by atoms with E-state index in [1.807, 2.05) is 18.2 Å². The Balaban J connectivity index is 2.33. The monoisotopic (exact) mass is 235 g/mol. The Labute approximate surface area is 101 Å². The van der Waals surface area contributed by atoms with E-state index in [2.05, 4.69) is 6.07 Å². The molecular formula is C12H17N3S. The van der Waals surface area contributed by atoms with Gasteiger partial charge in [-0.1, -0.05) is 31.0 Å². The number of anilines is 1. The minimum absolute atomic E-state index is 0.213. The molecule has 4 heteroatoms. The molecule has 0 atom stereocenters. The van der Waals surface area contributed by atoms with E-state index < -0.39 is 0 Å². The summed E-state index contributed by atoms with van der Waals surface area (Å²) in [5.74, 6) is 6.48. The summed E-state index contributed by atoms with van der Waals surface area (Å²) in [6.45, 7) is 0. The first kappa shape index (κ1) is 11.4. The maximum absolute atomic E-state index is 5.87. The second-order valence-electron chi connectivity index (χ2n) is 4.25. The summed E-state index contributed by atoms with van der Waals surface area (Å²) in [6.07, 6.45) is 5.08. The molecule has 86 valence electrons. The lowest BCUT2D eigenvalue weighted by atomic mass is 9.96. The molecular weight excluding hydrogens is 218 g/mol. The van der Waals surface area contributed by atoms with Crippen LogP contribution in [0, 0.1) is 0 Å². The second kappa shape index (κ2) is 4.80. The Bertz CT molecular complexity index is 386. The van der Waals surface area contributed by atoms with Crippen molar-refractivity contribution in [2.24, 2.45) is 11.6 Å². The molecule has 1 aliphatic carbocycles. The van der Waals surface area contributed by atoms with Crippen LogP contribution in [-0.4, -0.2) is 5.11 Å². The summed E-state index contributed by atoms with van der Waals surface area (Å²) in [5, 5.41) is 1.62. The van der Waals surface area contributed by atoms with Gasteiger partial charge in [0, 0.05) is 0 Å². The van der Waals surface area contributed by atoms with Gasteiger partial charge in [0.2, 0.25) is 0 Å². The molecule has 1 saturated carbocycles. The van der Waals surface area contributed by atoms with E-state index in [4.69, 9.17) is 23.8 Å². The zero-order chi connectivity index (χ0) is 11.5. The molecule has 0 bridgehead atoms. The summed E-state index contributed by atoms with van der Waals surface area (Å²) >= 11 is 4.91. The Hall–Kier alpha value is -1.13. The van der Waals surface area contributed by atoms with Crippen LogP contribution in [0.4, 0.5) is 5.69 Å². The van der Waals surface area contributed by atoms with E-state index in [1.54, 1.807) is 0 Å². The van der Waals surface area contributed by atoms with Crippen LogP contribution in [0.15, 0.2) is 24.3 Å². The van der Waals surface area contributed by atoms with Gasteiger partial charge in [0.25, 0.3) is 0 Å². The van der Waals surface area contributed by atoms with E-state index in [0.717, 1.165) is 5.69 Å². The minimum atomic E-state index is 0.213. The standard InChI is InChI=1S/C12H17N3S/c13-12(16)15(14)11-8-4-3-7-10(11)9-5-1-2-6-9/h3-4,7-9H,1-2,5-6,14H2,(H2,13,16). The maximum Gasteiger partial charge on any atom is 0.185 e. The number of hydrogen-bond acceptors (Lipinski definition) is 2. The van der Waals surface area contributed by atoms with Crippen LogP contribution in [0.2, 0.25) is 0 Å². The van der Waals surface area contributed by atoms with Gasteiger partial charge in [0.1, 0.15) is 0 Å². The number of para-hydroxylation sites is 1. The molecule has 3 nitrogen and oxygen atoms in total. The Morgan fingerprint density at radius 2 is 1.88 bits per heavy atom. The molecule has 0 aromatic heterocycles. The first-order chi connectivity index (χ1) is 7.70. The second-order valence-corrected chi connectivity index (χ2v) is 4.67. The summed E-state index contributed by atoms with van der Waals surface area (Å²) in [4.78, 5) is 0. The first-order valence-electron chi connectivity index (χ1n) is 5.63. The zero-order valence-electron chi connectivity index (χ0n) is 9.23. The summed E-state index contributed by atoms with van der Waals surface area (Å²) in [6, 6.07) is 8.12. The van der Waals surface area contributed by atoms with Crippen LogP contribution >= 0.6 is 12.2 Å². The topological polar surface area (TPSA) is 55.3 Å². The van der Waals surface area contributed by atoms with Crippen molar-refractivity contribution >= 4 is 23.0 Å². The molecule has 0 aliphatic heterocycles. The van der Waals surface area contributed by atoms with Crippen LogP contribution < -0.4 is 16.6 Å². The largest absolute Gasteiger partial charge is 0.375 e. The zero-order valence-corrected chi connectivity index (χ0v) is 10.0. The van der Waals surface area contributed by atoms with Gasteiger partial charge >= 0.3 is 0 Å². The first-order valence-corrected chi connectivity index (χ1v) is 6.04. The SMILES string of the molecule is NC(=S)N(N)c1ccccc1C1CCCC1. The number of hydrogen-bond donors (Lipinski definition) is 2. The van der Waals surface area contributed by atoms with Gasteiger partial charge < -0.3 is 5.73 Å². The van der Waals surface area contributed by atoms with Crippen molar-refractivity contribution in [2.45, 2.75) is 31.6 Å².